The molecule has 9 nitrogen and oxygen atoms in total. The maximum atomic E-state index is 5.38. The number of hydrogen-bond acceptors (Lipinski definition) is 7. The van der Waals surface area contributed by atoms with Crippen LogP contribution in [-0.4, -0.2) is 44.0 Å². The highest BCUT2D eigenvalue weighted by molar-refractivity contribution is 6.07. The fourth-order valence-electron chi connectivity index (χ4n) is 9.73. The zero-order valence-corrected chi connectivity index (χ0v) is 30.1. The molecule has 0 atom stereocenters. The van der Waals surface area contributed by atoms with Crippen molar-refractivity contribution in [1.82, 2.24) is 44.0 Å². The van der Waals surface area contributed by atoms with Crippen LogP contribution in [0, 0.1) is 0 Å². The Kier molecular flexibility index (Phi) is 5.91. The molecule has 0 unspecified atom stereocenters. The fourth-order valence-corrected chi connectivity index (χ4v) is 9.73. The van der Waals surface area contributed by atoms with Crippen molar-refractivity contribution in [3.8, 4) is 45.5 Å². The number of nitrogens with zero attached hydrogens (tertiary/aromatic N) is 9. The van der Waals surface area contributed by atoms with Crippen LogP contribution in [0.3, 0.4) is 0 Å². The van der Waals surface area contributed by atoms with Crippen molar-refractivity contribution in [2.75, 3.05) is 0 Å². The molecule has 7 aromatic heterocycles. The molecule has 0 saturated carbocycles. The van der Waals surface area contributed by atoms with E-state index < -0.39 is 5.41 Å². The summed E-state index contributed by atoms with van der Waals surface area (Å²) in [5, 5.41) is 3.83. The lowest BCUT2D eigenvalue weighted by atomic mass is 9.70. The van der Waals surface area contributed by atoms with Crippen molar-refractivity contribution >= 4 is 44.1 Å². The van der Waals surface area contributed by atoms with E-state index in [-0.39, 0.29) is 0 Å². The average Bonchev–Trinajstić information content (AvgIpc) is 3.99. The van der Waals surface area contributed by atoms with Gasteiger partial charge >= 0.3 is 0 Å². The van der Waals surface area contributed by atoms with Crippen molar-refractivity contribution in [3.05, 3.63) is 187 Å². The molecule has 2 aliphatic carbocycles. The lowest BCUT2D eigenvalue weighted by Crippen LogP contribution is -2.25. The van der Waals surface area contributed by atoms with Crippen LogP contribution >= 0.6 is 0 Å². The fraction of sp³-hybridized carbons (Fsp3) is 0.0208. The lowest BCUT2D eigenvalue weighted by Gasteiger charge is -2.30. The van der Waals surface area contributed by atoms with Gasteiger partial charge in [0.05, 0.1) is 5.41 Å². The minimum Gasteiger partial charge on any atom is -0.245 e. The van der Waals surface area contributed by atoms with Gasteiger partial charge in [-0.1, -0.05) is 91.0 Å². The molecule has 1 spiro atoms. The predicted molar refractivity (Wildman–Crippen MR) is 221 cm³/mol. The van der Waals surface area contributed by atoms with Gasteiger partial charge in [-0.3, -0.25) is 0 Å². The lowest BCUT2D eigenvalue weighted by molar-refractivity contribution is 0.793. The van der Waals surface area contributed by atoms with E-state index in [0.717, 1.165) is 38.2 Å². The zero-order chi connectivity index (χ0) is 37.2. The van der Waals surface area contributed by atoms with E-state index in [2.05, 4.69) is 115 Å². The summed E-state index contributed by atoms with van der Waals surface area (Å²) in [4.78, 5) is 35.4. The normalized spacial score (nSPS) is 13.4. The molecule has 57 heavy (non-hydrogen) atoms. The summed E-state index contributed by atoms with van der Waals surface area (Å²) in [5.41, 5.74) is 12.9. The topological polar surface area (TPSA) is 100 Å². The molecule has 13 rings (SSSR count). The van der Waals surface area contributed by atoms with Crippen LogP contribution in [0.4, 0.5) is 0 Å². The van der Waals surface area contributed by atoms with E-state index in [0.29, 0.717) is 40.3 Å². The molecule has 0 aliphatic heterocycles. The molecular formula is C48H27N9. The molecule has 0 N–H and O–H groups in total. The molecule has 0 radical (unpaired) electrons. The molecule has 9 heteroatoms. The first-order valence-corrected chi connectivity index (χ1v) is 18.9. The monoisotopic (exact) mass is 729 g/mol. The Labute approximate surface area is 324 Å². The summed E-state index contributed by atoms with van der Waals surface area (Å²) in [6.07, 6.45) is 7.16. The van der Waals surface area contributed by atoms with Crippen molar-refractivity contribution in [2.24, 2.45) is 0 Å². The van der Waals surface area contributed by atoms with Crippen LogP contribution in [0.15, 0.2) is 164 Å². The molecule has 7 heterocycles. The van der Waals surface area contributed by atoms with E-state index in [1.807, 2.05) is 33.4 Å². The van der Waals surface area contributed by atoms with Gasteiger partial charge in [-0.15, -0.1) is 0 Å². The molecule has 2 aliphatic rings. The molecular weight excluding hydrogens is 703 g/mol. The van der Waals surface area contributed by atoms with Gasteiger partial charge in [0.2, 0.25) is 11.9 Å². The number of pyridine rings is 4. The van der Waals surface area contributed by atoms with E-state index >= 15 is 0 Å². The molecule has 0 fully saturated rings. The second-order valence-electron chi connectivity index (χ2n) is 14.5. The number of hydrogen-bond donors (Lipinski definition) is 0. The van der Waals surface area contributed by atoms with E-state index in [1.165, 1.54) is 33.4 Å². The average molecular weight is 730 g/mol. The third-order valence-electron chi connectivity index (χ3n) is 11.8. The minimum absolute atomic E-state index is 0.393. The molecule has 11 aromatic rings. The molecule has 0 amide bonds. The Morgan fingerprint density at radius 1 is 0.333 bits per heavy atom. The SMILES string of the molecule is c1ccc2c(c1)-c1ccccc1C21c2ccccc2-c2c(-c3nc(-n4c5ncccc5c5cccnc54)nc(-n4c5ncccc5c5cccnc54)n3)cccc21. The number of rotatable bonds is 3. The van der Waals surface area contributed by atoms with Gasteiger partial charge < -0.3 is 0 Å². The molecule has 0 bridgehead atoms. The number of benzene rings is 4. The quantitative estimate of drug-likeness (QED) is 0.179. The van der Waals surface area contributed by atoms with Crippen LogP contribution in [0.1, 0.15) is 22.3 Å². The van der Waals surface area contributed by atoms with Crippen molar-refractivity contribution < 1.29 is 0 Å². The maximum absolute atomic E-state index is 5.38. The summed E-state index contributed by atoms with van der Waals surface area (Å²) in [7, 11) is 0. The highest BCUT2D eigenvalue weighted by Crippen LogP contribution is 2.63. The van der Waals surface area contributed by atoms with Crippen LogP contribution in [-0.2, 0) is 5.41 Å². The van der Waals surface area contributed by atoms with E-state index in [1.54, 1.807) is 24.8 Å². The number of fused-ring (bicyclic) bond motifs is 16. The Morgan fingerprint density at radius 2 is 0.719 bits per heavy atom. The third-order valence-corrected chi connectivity index (χ3v) is 11.8. The zero-order valence-electron chi connectivity index (χ0n) is 30.1. The Balaban J connectivity index is 1.16. The molecule has 0 saturated heterocycles. The van der Waals surface area contributed by atoms with E-state index in [9.17, 15) is 0 Å². The Morgan fingerprint density at radius 3 is 1.19 bits per heavy atom. The third kappa shape index (κ3) is 3.84. The van der Waals surface area contributed by atoms with Crippen LogP contribution in [0.25, 0.3) is 89.7 Å². The number of aromatic nitrogens is 9. The van der Waals surface area contributed by atoms with Gasteiger partial charge in [0.15, 0.2) is 5.82 Å². The van der Waals surface area contributed by atoms with Crippen molar-refractivity contribution in [2.45, 2.75) is 5.41 Å². The largest absolute Gasteiger partial charge is 0.245 e. The minimum atomic E-state index is -0.519. The first-order chi connectivity index (χ1) is 28.3. The van der Waals surface area contributed by atoms with Crippen LogP contribution < -0.4 is 0 Å². The van der Waals surface area contributed by atoms with Crippen molar-refractivity contribution in [3.63, 3.8) is 0 Å². The maximum Gasteiger partial charge on any atom is 0.242 e. The smallest absolute Gasteiger partial charge is 0.242 e. The van der Waals surface area contributed by atoms with Gasteiger partial charge in [-0.2, -0.15) is 15.0 Å². The summed E-state index contributed by atoms with van der Waals surface area (Å²) in [5.74, 6) is 1.30. The second kappa shape index (κ2) is 11.1. The van der Waals surface area contributed by atoms with E-state index in [4.69, 9.17) is 34.9 Å². The highest BCUT2D eigenvalue weighted by atomic mass is 15.3. The Bertz CT molecular complexity index is 3220. The van der Waals surface area contributed by atoms with Gasteiger partial charge in [0, 0.05) is 51.9 Å². The molecule has 4 aromatic carbocycles. The van der Waals surface area contributed by atoms with Gasteiger partial charge in [0.25, 0.3) is 0 Å². The highest BCUT2D eigenvalue weighted by Gasteiger charge is 2.52. The summed E-state index contributed by atoms with van der Waals surface area (Å²) in [6.45, 7) is 0. The van der Waals surface area contributed by atoms with Crippen LogP contribution in [0.5, 0.6) is 0 Å². The molecule has 264 valence electrons. The van der Waals surface area contributed by atoms with Crippen LogP contribution in [0.2, 0.25) is 0 Å². The Hall–Kier alpha value is -7.91. The first-order valence-electron chi connectivity index (χ1n) is 18.9. The van der Waals surface area contributed by atoms with Crippen molar-refractivity contribution in [1.29, 1.82) is 0 Å². The van der Waals surface area contributed by atoms with Gasteiger partial charge in [0.1, 0.15) is 22.6 Å². The predicted octanol–water partition coefficient (Wildman–Crippen LogP) is 9.66. The summed E-state index contributed by atoms with van der Waals surface area (Å²) >= 11 is 0. The van der Waals surface area contributed by atoms with Gasteiger partial charge in [-0.25, -0.2) is 29.1 Å². The summed E-state index contributed by atoms with van der Waals surface area (Å²) < 4.78 is 3.88. The first kappa shape index (κ1) is 30.4. The standard InChI is InChI=1S/C48H27N9/c1-4-20-36-28(12-1)29-13-2-5-21-37(29)48(36)38-22-6-3-14-34(38)40-35(15-7-23-39(40)48)41-53-46(56-42-30(16-8-24-49-42)31-17-9-25-50-43(31)56)55-47(54-41)57-44-32(18-10-26-51-44)33-19-11-27-52-45(33)57/h1-27H. The van der Waals surface area contributed by atoms with Gasteiger partial charge in [-0.05, 0) is 93.0 Å². The second-order valence-corrected chi connectivity index (χ2v) is 14.5. The summed E-state index contributed by atoms with van der Waals surface area (Å²) in [6, 6.07) is 49.0.